The van der Waals surface area contributed by atoms with Crippen molar-refractivity contribution in [3.8, 4) is 5.69 Å². The first-order chi connectivity index (χ1) is 13.3. The molecule has 1 heterocycles. The van der Waals surface area contributed by atoms with Crippen LogP contribution in [0.15, 0.2) is 54.7 Å². The third-order valence-corrected chi connectivity index (χ3v) is 4.19. The van der Waals surface area contributed by atoms with E-state index in [2.05, 4.69) is 10.4 Å². The molecule has 1 aromatic heterocycles. The molecule has 9 heteroatoms. The number of amides is 1. The van der Waals surface area contributed by atoms with Gasteiger partial charge in [-0.2, -0.15) is 18.3 Å². The minimum absolute atomic E-state index is 0.0473. The summed E-state index contributed by atoms with van der Waals surface area (Å²) in [5.41, 5.74) is -1.04. The topological polar surface area (TPSA) is 46.9 Å². The summed E-state index contributed by atoms with van der Waals surface area (Å²) >= 11 is 5.76. The van der Waals surface area contributed by atoms with Gasteiger partial charge in [-0.15, -0.1) is 0 Å². The predicted molar refractivity (Wildman–Crippen MR) is 96.0 cm³/mol. The highest BCUT2D eigenvalue weighted by Gasteiger charge is 2.40. The number of rotatable bonds is 5. The molecule has 0 saturated heterocycles. The zero-order chi connectivity index (χ0) is 20.3. The van der Waals surface area contributed by atoms with Gasteiger partial charge in [-0.05, 0) is 48.4 Å². The lowest BCUT2D eigenvalue weighted by atomic mass is 10.1. The molecule has 0 bridgehead atoms. The molecule has 1 N–H and O–H groups in total. The number of hydrogen-bond acceptors (Lipinski definition) is 2. The van der Waals surface area contributed by atoms with E-state index < -0.39 is 29.2 Å². The number of alkyl halides is 3. The van der Waals surface area contributed by atoms with Gasteiger partial charge in [0, 0.05) is 11.6 Å². The smallest absolute Gasteiger partial charge is 0.352 e. The van der Waals surface area contributed by atoms with E-state index in [0.717, 1.165) is 6.20 Å². The molecule has 0 aliphatic heterocycles. The van der Waals surface area contributed by atoms with Crippen molar-refractivity contribution in [1.82, 2.24) is 15.1 Å². The maximum absolute atomic E-state index is 13.6. The van der Waals surface area contributed by atoms with Gasteiger partial charge in [-0.3, -0.25) is 4.79 Å². The predicted octanol–water partition coefficient (Wildman–Crippen LogP) is 4.66. The number of carbonyl (C=O) groups is 1. The molecule has 2 aromatic carbocycles. The van der Waals surface area contributed by atoms with E-state index in [1.165, 1.54) is 42.5 Å². The van der Waals surface area contributed by atoms with E-state index >= 15 is 0 Å². The molecule has 0 aliphatic carbocycles. The second-order valence-corrected chi connectivity index (χ2v) is 6.37. The molecule has 0 unspecified atom stereocenters. The molecular formula is C19H14ClF4N3O. The van der Waals surface area contributed by atoms with Crippen molar-refractivity contribution >= 4 is 17.5 Å². The summed E-state index contributed by atoms with van der Waals surface area (Å²) in [6.07, 6.45) is -3.66. The first kappa shape index (κ1) is 19.9. The van der Waals surface area contributed by atoms with Crippen molar-refractivity contribution in [2.45, 2.75) is 12.6 Å². The SMILES string of the molecule is O=C(NCCc1cccc(F)c1)c1cnn(-c2ccc(Cl)cc2)c1C(F)(F)F. The summed E-state index contributed by atoms with van der Waals surface area (Å²) in [6.45, 7) is 0.0473. The first-order valence-corrected chi connectivity index (χ1v) is 8.57. The maximum Gasteiger partial charge on any atom is 0.434 e. The van der Waals surface area contributed by atoms with E-state index in [1.807, 2.05) is 0 Å². The Labute approximate surface area is 162 Å². The maximum atomic E-state index is 13.6. The third-order valence-electron chi connectivity index (χ3n) is 3.94. The van der Waals surface area contributed by atoms with Crippen LogP contribution in [0.3, 0.4) is 0 Å². The van der Waals surface area contributed by atoms with Crippen molar-refractivity contribution in [2.75, 3.05) is 6.54 Å². The monoisotopic (exact) mass is 411 g/mol. The molecule has 3 rings (SSSR count). The van der Waals surface area contributed by atoms with Crippen molar-refractivity contribution < 1.29 is 22.4 Å². The van der Waals surface area contributed by atoms with Crippen LogP contribution in [0.4, 0.5) is 17.6 Å². The van der Waals surface area contributed by atoms with E-state index in [9.17, 15) is 22.4 Å². The highest BCUT2D eigenvalue weighted by molar-refractivity contribution is 6.30. The van der Waals surface area contributed by atoms with Crippen LogP contribution in [0.2, 0.25) is 5.02 Å². The van der Waals surface area contributed by atoms with E-state index in [0.29, 0.717) is 15.3 Å². The molecule has 146 valence electrons. The molecular weight excluding hydrogens is 398 g/mol. The van der Waals surface area contributed by atoms with Crippen LogP contribution in [0.5, 0.6) is 0 Å². The molecule has 0 fully saturated rings. The average Bonchev–Trinajstić information content (AvgIpc) is 3.08. The molecule has 1 amide bonds. The Balaban J connectivity index is 1.81. The van der Waals surface area contributed by atoms with Crippen molar-refractivity contribution in [2.24, 2.45) is 0 Å². The van der Waals surface area contributed by atoms with Gasteiger partial charge in [0.25, 0.3) is 5.91 Å². The molecule has 28 heavy (non-hydrogen) atoms. The van der Waals surface area contributed by atoms with Gasteiger partial charge in [0.05, 0.1) is 17.4 Å². The van der Waals surface area contributed by atoms with Gasteiger partial charge in [-0.25, -0.2) is 9.07 Å². The Morgan fingerprint density at radius 2 is 1.86 bits per heavy atom. The Morgan fingerprint density at radius 1 is 1.14 bits per heavy atom. The van der Waals surface area contributed by atoms with Gasteiger partial charge in [0.15, 0.2) is 5.69 Å². The largest absolute Gasteiger partial charge is 0.434 e. The summed E-state index contributed by atoms with van der Waals surface area (Å²) in [7, 11) is 0. The third kappa shape index (κ3) is 4.51. The number of benzene rings is 2. The van der Waals surface area contributed by atoms with Crippen LogP contribution in [0.25, 0.3) is 5.69 Å². The lowest BCUT2D eigenvalue weighted by Crippen LogP contribution is -2.28. The van der Waals surface area contributed by atoms with Gasteiger partial charge in [0.1, 0.15) is 5.82 Å². The highest BCUT2D eigenvalue weighted by Crippen LogP contribution is 2.33. The summed E-state index contributed by atoms with van der Waals surface area (Å²) < 4.78 is 54.6. The van der Waals surface area contributed by atoms with Gasteiger partial charge in [0.2, 0.25) is 0 Å². The fraction of sp³-hybridized carbons (Fsp3) is 0.158. The highest BCUT2D eigenvalue weighted by atomic mass is 35.5. The van der Waals surface area contributed by atoms with Crippen molar-refractivity contribution in [3.63, 3.8) is 0 Å². The number of hydrogen-bond donors (Lipinski definition) is 1. The molecule has 0 saturated carbocycles. The van der Waals surface area contributed by atoms with Crippen molar-refractivity contribution in [3.05, 3.63) is 82.4 Å². The Morgan fingerprint density at radius 3 is 2.50 bits per heavy atom. The zero-order valence-corrected chi connectivity index (χ0v) is 15.1. The second kappa shape index (κ2) is 8.02. The van der Waals surface area contributed by atoms with Gasteiger partial charge >= 0.3 is 6.18 Å². The lowest BCUT2D eigenvalue weighted by molar-refractivity contribution is -0.143. The summed E-state index contributed by atoms with van der Waals surface area (Å²) in [5, 5.41) is 6.50. The molecule has 4 nitrogen and oxygen atoms in total. The summed E-state index contributed by atoms with van der Waals surface area (Å²) in [6, 6.07) is 11.4. The van der Waals surface area contributed by atoms with Crippen LogP contribution in [-0.4, -0.2) is 22.2 Å². The second-order valence-electron chi connectivity index (χ2n) is 5.93. The van der Waals surface area contributed by atoms with Gasteiger partial charge in [-0.1, -0.05) is 23.7 Å². The number of nitrogens with zero attached hydrogens (tertiary/aromatic N) is 2. The Kier molecular flexibility index (Phi) is 5.69. The van der Waals surface area contributed by atoms with Crippen LogP contribution in [0, 0.1) is 5.82 Å². The molecule has 3 aromatic rings. The quantitative estimate of drug-likeness (QED) is 0.621. The van der Waals surface area contributed by atoms with Crippen molar-refractivity contribution in [1.29, 1.82) is 0 Å². The first-order valence-electron chi connectivity index (χ1n) is 8.19. The molecule has 0 aliphatic rings. The number of nitrogens with one attached hydrogen (secondary N) is 1. The normalized spacial score (nSPS) is 11.5. The van der Waals surface area contributed by atoms with Crippen LogP contribution in [0.1, 0.15) is 21.6 Å². The van der Waals surface area contributed by atoms with Crippen LogP contribution < -0.4 is 5.32 Å². The number of halogens is 5. The Bertz CT molecular complexity index is 984. The minimum atomic E-state index is -4.80. The molecule has 0 radical (unpaired) electrons. The average molecular weight is 412 g/mol. The zero-order valence-electron chi connectivity index (χ0n) is 14.3. The van der Waals surface area contributed by atoms with Gasteiger partial charge < -0.3 is 5.32 Å². The van der Waals surface area contributed by atoms with E-state index in [1.54, 1.807) is 6.07 Å². The minimum Gasteiger partial charge on any atom is -0.352 e. The van der Waals surface area contributed by atoms with E-state index in [-0.39, 0.29) is 18.7 Å². The fourth-order valence-electron chi connectivity index (χ4n) is 2.67. The van der Waals surface area contributed by atoms with Crippen LogP contribution in [-0.2, 0) is 12.6 Å². The summed E-state index contributed by atoms with van der Waals surface area (Å²) in [4.78, 5) is 12.3. The van der Waals surface area contributed by atoms with E-state index in [4.69, 9.17) is 11.6 Å². The number of carbonyl (C=O) groups excluding carboxylic acids is 1. The fourth-order valence-corrected chi connectivity index (χ4v) is 2.80. The molecule has 0 atom stereocenters. The van der Waals surface area contributed by atoms with Crippen LogP contribution >= 0.6 is 11.6 Å². The summed E-state index contributed by atoms with van der Waals surface area (Å²) in [5.74, 6) is -1.34. The number of aromatic nitrogens is 2. The Hall–Kier alpha value is -2.87. The molecule has 0 spiro atoms. The standard InChI is InChI=1S/C19H14ClF4N3O/c20-13-4-6-15(7-5-13)27-17(19(22,23)24)16(11-26-27)18(28)25-9-8-12-2-1-3-14(21)10-12/h1-7,10-11H,8-9H2,(H,25,28). The lowest BCUT2D eigenvalue weighted by Gasteiger charge is -2.13.